The van der Waals surface area contributed by atoms with Crippen LogP contribution in [0.4, 0.5) is 5.69 Å². The molecule has 0 saturated heterocycles. The number of hydrogen-bond donors (Lipinski definition) is 2. The van der Waals surface area contributed by atoms with E-state index in [4.69, 9.17) is 30.9 Å². The summed E-state index contributed by atoms with van der Waals surface area (Å²) in [7, 11) is 2.85. The number of ketones is 2. The molecule has 1 aliphatic carbocycles. The van der Waals surface area contributed by atoms with Gasteiger partial charge >= 0.3 is 5.97 Å². The number of aliphatic carboxylic acids is 1. The van der Waals surface area contributed by atoms with Gasteiger partial charge < -0.3 is 24.6 Å². The molecular formula is C27H26ClN5O7. The number of nitrogens with zero attached hydrogens (tertiary/aromatic N) is 4. The maximum Gasteiger partial charge on any atom is 0.303 e. The van der Waals surface area contributed by atoms with E-state index in [0.717, 1.165) is 0 Å². The van der Waals surface area contributed by atoms with Crippen LogP contribution < -0.4 is 19.5 Å². The number of allylic oxidation sites excluding steroid dienone is 1. The molecule has 12 nitrogen and oxygen atoms in total. The number of Topliss-reactive ketones (excluding diaryl/α,β-unsaturated/α-hetero) is 1. The number of fused-ring (bicyclic) bond motifs is 1. The summed E-state index contributed by atoms with van der Waals surface area (Å²) in [6.07, 6.45) is 2.05. The van der Waals surface area contributed by atoms with Crippen molar-refractivity contribution in [3.05, 3.63) is 52.7 Å². The summed E-state index contributed by atoms with van der Waals surface area (Å²) >= 11 is 6.46. The summed E-state index contributed by atoms with van der Waals surface area (Å²) in [5.41, 5.74) is 0.175. The Morgan fingerprint density at radius 2 is 2.00 bits per heavy atom. The van der Waals surface area contributed by atoms with Crippen molar-refractivity contribution in [3.8, 4) is 28.6 Å². The fraction of sp³-hybridized carbons (Fsp3) is 0.333. The molecule has 2 unspecified atom stereocenters. The molecule has 5 rings (SSSR count). The molecule has 2 heterocycles. The SMILES string of the molecule is COc1cc(OC)c2c(c1Cl)OC1(C(=O)C=C(Nc3ccccc3-c3nnn(CCCC(=O)O)n3)CC1C)C2=O. The van der Waals surface area contributed by atoms with Gasteiger partial charge in [0.15, 0.2) is 5.75 Å². The number of carbonyl (C=O) groups excluding carboxylic acids is 2. The van der Waals surface area contributed by atoms with Gasteiger partial charge in [-0.3, -0.25) is 14.4 Å². The second-order valence-corrected chi connectivity index (χ2v) is 9.86. The van der Waals surface area contributed by atoms with Crippen molar-refractivity contribution < 1.29 is 33.7 Å². The van der Waals surface area contributed by atoms with Gasteiger partial charge in [0.25, 0.3) is 0 Å². The van der Waals surface area contributed by atoms with Crippen molar-refractivity contribution in [2.24, 2.45) is 5.92 Å². The first-order valence-corrected chi connectivity index (χ1v) is 12.9. The van der Waals surface area contributed by atoms with E-state index >= 15 is 0 Å². The van der Waals surface area contributed by atoms with Crippen LogP contribution in [0.15, 0.2) is 42.1 Å². The Hall–Kier alpha value is -4.45. The lowest BCUT2D eigenvalue weighted by atomic mass is 9.74. The number of aromatic nitrogens is 4. The molecule has 0 radical (unpaired) electrons. The van der Waals surface area contributed by atoms with E-state index in [1.165, 1.54) is 31.2 Å². The highest BCUT2D eigenvalue weighted by Crippen LogP contribution is 2.53. The molecule has 0 bridgehead atoms. The van der Waals surface area contributed by atoms with E-state index in [9.17, 15) is 14.4 Å². The van der Waals surface area contributed by atoms with Crippen LogP contribution in [0.25, 0.3) is 11.4 Å². The number of ether oxygens (including phenoxy) is 3. The fourth-order valence-electron chi connectivity index (χ4n) is 4.99. The molecule has 0 amide bonds. The highest BCUT2D eigenvalue weighted by molar-refractivity contribution is 6.36. The van der Waals surface area contributed by atoms with E-state index in [2.05, 4.69) is 20.7 Å². The summed E-state index contributed by atoms with van der Waals surface area (Å²) in [6.45, 7) is 2.08. The average molecular weight is 568 g/mol. The Labute approximate surface area is 233 Å². The number of carboxylic acid groups (broad SMARTS) is 1. The van der Waals surface area contributed by atoms with Crippen molar-refractivity contribution in [2.75, 3.05) is 19.5 Å². The van der Waals surface area contributed by atoms with Gasteiger partial charge in [-0.05, 0) is 30.2 Å². The van der Waals surface area contributed by atoms with Crippen LogP contribution in [0, 0.1) is 5.92 Å². The highest BCUT2D eigenvalue weighted by Gasteiger charge is 2.60. The predicted octanol–water partition coefficient (Wildman–Crippen LogP) is 3.79. The van der Waals surface area contributed by atoms with Crippen LogP contribution in [-0.4, -0.2) is 62.7 Å². The van der Waals surface area contributed by atoms with E-state index in [1.807, 2.05) is 18.2 Å². The summed E-state index contributed by atoms with van der Waals surface area (Å²) in [4.78, 5) is 39.5. The van der Waals surface area contributed by atoms with Gasteiger partial charge in [-0.1, -0.05) is 30.7 Å². The molecule has 1 spiro atoms. The number of rotatable bonds is 9. The number of para-hydroxylation sites is 1. The van der Waals surface area contributed by atoms with Gasteiger partial charge in [-0.2, -0.15) is 4.80 Å². The zero-order valence-corrected chi connectivity index (χ0v) is 22.7. The van der Waals surface area contributed by atoms with Crippen molar-refractivity contribution in [1.29, 1.82) is 0 Å². The largest absolute Gasteiger partial charge is 0.496 e. The third-order valence-electron chi connectivity index (χ3n) is 6.97. The van der Waals surface area contributed by atoms with Crippen molar-refractivity contribution in [1.82, 2.24) is 20.2 Å². The molecule has 2 aliphatic rings. The second-order valence-electron chi connectivity index (χ2n) is 9.48. The van der Waals surface area contributed by atoms with Crippen LogP contribution in [0.1, 0.15) is 36.5 Å². The third-order valence-corrected chi connectivity index (χ3v) is 7.33. The summed E-state index contributed by atoms with van der Waals surface area (Å²) < 4.78 is 16.8. The summed E-state index contributed by atoms with van der Waals surface area (Å²) in [6, 6.07) is 8.75. The van der Waals surface area contributed by atoms with Crippen LogP contribution in [-0.2, 0) is 16.1 Å². The van der Waals surface area contributed by atoms with E-state index in [1.54, 1.807) is 13.0 Å². The minimum absolute atomic E-state index is 0.000698. The molecule has 2 aromatic carbocycles. The number of carboxylic acids is 1. The topological polar surface area (TPSA) is 155 Å². The van der Waals surface area contributed by atoms with Gasteiger partial charge in [-0.15, -0.1) is 10.2 Å². The standard InChI is InChI=1S/C27H26ClN5O7/c1-14-11-15(29-17-8-5-4-7-16(17)26-30-32-33(31-26)10-6-9-21(35)36)12-20(34)27(14)25(37)22-18(38-2)13-19(39-3)23(28)24(22)40-27/h4-5,7-8,12-14,29H,6,9-11H2,1-3H3,(H,35,36). The minimum atomic E-state index is -1.78. The Bertz CT molecular complexity index is 1550. The molecule has 0 saturated carbocycles. The lowest BCUT2D eigenvalue weighted by Crippen LogP contribution is -2.55. The highest BCUT2D eigenvalue weighted by atomic mass is 35.5. The molecule has 2 atom stereocenters. The first kappa shape index (κ1) is 27.1. The lowest BCUT2D eigenvalue weighted by molar-refractivity contribution is -0.137. The van der Waals surface area contributed by atoms with Gasteiger partial charge in [0.05, 0.1) is 20.8 Å². The van der Waals surface area contributed by atoms with E-state index in [-0.39, 0.29) is 34.3 Å². The minimum Gasteiger partial charge on any atom is -0.496 e. The molecule has 3 aromatic rings. The van der Waals surface area contributed by atoms with Gasteiger partial charge in [0.1, 0.15) is 22.1 Å². The number of anilines is 1. The zero-order chi connectivity index (χ0) is 28.6. The number of nitrogens with one attached hydrogen (secondary N) is 1. The second kappa shape index (κ2) is 10.6. The summed E-state index contributed by atoms with van der Waals surface area (Å²) in [5, 5.41) is 24.7. The predicted molar refractivity (Wildman–Crippen MR) is 143 cm³/mol. The average Bonchev–Trinajstić information content (AvgIpc) is 3.52. The van der Waals surface area contributed by atoms with Crippen molar-refractivity contribution in [3.63, 3.8) is 0 Å². The molecular weight excluding hydrogens is 542 g/mol. The number of benzene rings is 2. The van der Waals surface area contributed by atoms with Crippen LogP contribution >= 0.6 is 11.6 Å². The molecule has 2 N–H and O–H groups in total. The van der Waals surface area contributed by atoms with E-state index in [0.29, 0.717) is 42.2 Å². The molecule has 1 aromatic heterocycles. The first-order valence-electron chi connectivity index (χ1n) is 12.5. The summed E-state index contributed by atoms with van der Waals surface area (Å²) in [5.74, 6) is -1.60. The van der Waals surface area contributed by atoms with Crippen LogP contribution in [0.3, 0.4) is 0 Å². The van der Waals surface area contributed by atoms with Gasteiger partial charge in [0.2, 0.25) is 23.0 Å². The zero-order valence-electron chi connectivity index (χ0n) is 21.9. The molecule has 0 fully saturated rings. The van der Waals surface area contributed by atoms with Crippen molar-refractivity contribution in [2.45, 2.75) is 38.3 Å². The molecule has 40 heavy (non-hydrogen) atoms. The fourth-order valence-corrected chi connectivity index (χ4v) is 5.26. The molecule has 208 valence electrons. The Balaban J connectivity index is 1.41. The van der Waals surface area contributed by atoms with Gasteiger partial charge in [0, 0.05) is 41.4 Å². The smallest absolute Gasteiger partial charge is 0.303 e. The number of halogens is 1. The number of methoxy groups -OCH3 is 2. The Morgan fingerprint density at radius 1 is 1.25 bits per heavy atom. The van der Waals surface area contributed by atoms with E-state index < -0.39 is 29.1 Å². The van der Waals surface area contributed by atoms with Crippen LogP contribution in [0.5, 0.6) is 17.2 Å². The number of aryl methyl sites for hydroxylation is 1. The number of carbonyl (C=O) groups is 3. The maximum atomic E-state index is 13.7. The normalized spacial score (nSPS) is 19.7. The Morgan fingerprint density at radius 3 is 2.70 bits per heavy atom. The van der Waals surface area contributed by atoms with Crippen LogP contribution in [0.2, 0.25) is 5.02 Å². The van der Waals surface area contributed by atoms with Crippen molar-refractivity contribution >= 4 is 34.8 Å². The number of tetrazole rings is 1. The lowest BCUT2D eigenvalue weighted by Gasteiger charge is -2.35. The first-order chi connectivity index (χ1) is 19.2. The molecule has 13 heteroatoms. The third kappa shape index (κ3) is 4.53. The number of hydrogen-bond acceptors (Lipinski definition) is 10. The Kier molecular flexibility index (Phi) is 7.19. The van der Waals surface area contributed by atoms with Gasteiger partial charge in [-0.25, -0.2) is 0 Å². The monoisotopic (exact) mass is 567 g/mol. The molecule has 1 aliphatic heterocycles. The maximum absolute atomic E-state index is 13.7. The quantitative estimate of drug-likeness (QED) is 0.363.